The van der Waals surface area contributed by atoms with Crippen LogP contribution in [0.4, 0.5) is 0 Å². The molecule has 0 amide bonds. The molecule has 0 aromatic carbocycles. The van der Waals surface area contributed by atoms with Gasteiger partial charge in [-0.3, -0.25) is 0 Å². The van der Waals surface area contributed by atoms with Crippen LogP contribution in [0.15, 0.2) is 0 Å². The predicted octanol–water partition coefficient (Wildman–Crippen LogP) is 4.01. The average molecular weight is 249 g/mol. The van der Waals surface area contributed by atoms with Crippen LogP contribution in [0.5, 0.6) is 0 Å². The van der Waals surface area contributed by atoms with Gasteiger partial charge in [0.2, 0.25) is 0 Å². The molecule has 0 aromatic heterocycles. The van der Waals surface area contributed by atoms with Crippen LogP contribution < -0.4 is 0 Å². The van der Waals surface area contributed by atoms with Crippen molar-refractivity contribution in [2.24, 2.45) is 0 Å². The minimum Gasteiger partial charge on any atom is -0.307 e. The van der Waals surface area contributed by atoms with E-state index >= 15 is 0 Å². The van der Waals surface area contributed by atoms with Crippen LogP contribution in [-0.4, -0.2) is 29.7 Å². The first kappa shape index (κ1) is 13.9. The molecule has 0 aromatic rings. The van der Waals surface area contributed by atoms with Crippen molar-refractivity contribution in [1.29, 1.82) is 5.26 Å². The van der Waals surface area contributed by atoms with Gasteiger partial charge < -0.3 is 4.48 Å². The van der Waals surface area contributed by atoms with Gasteiger partial charge in [-0.15, -0.1) is 0 Å². The number of nitrogens with zero attached hydrogens (tertiary/aromatic N) is 2. The molecule has 0 aliphatic carbocycles. The summed E-state index contributed by atoms with van der Waals surface area (Å²) in [4.78, 5) is 0. The number of quaternary nitrogens is 1. The number of nitriles is 1. The lowest BCUT2D eigenvalue weighted by Crippen LogP contribution is -2.56. The van der Waals surface area contributed by atoms with Crippen molar-refractivity contribution >= 4 is 0 Å². The Morgan fingerprint density at radius 1 is 1.11 bits per heavy atom. The van der Waals surface area contributed by atoms with Gasteiger partial charge in [-0.2, -0.15) is 5.26 Å². The molecular formula is C16H29N2+. The van der Waals surface area contributed by atoms with Gasteiger partial charge in [0.1, 0.15) is 6.07 Å². The van der Waals surface area contributed by atoms with E-state index in [4.69, 9.17) is 0 Å². The third kappa shape index (κ3) is 2.18. The van der Waals surface area contributed by atoms with Gasteiger partial charge in [0, 0.05) is 25.7 Å². The first-order valence-corrected chi connectivity index (χ1v) is 7.95. The van der Waals surface area contributed by atoms with Gasteiger partial charge in [0.05, 0.1) is 19.6 Å². The molecule has 0 saturated carbocycles. The molecule has 2 nitrogen and oxygen atoms in total. The highest BCUT2D eigenvalue weighted by atomic mass is 15.4. The molecule has 2 aliphatic rings. The highest BCUT2D eigenvalue weighted by Gasteiger charge is 2.62. The topological polar surface area (TPSA) is 23.8 Å². The minimum atomic E-state index is -0.00587. The summed E-state index contributed by atoms with van der Waals surface area (Å²) >= 11 is 0. The first-order valence-electron chi connectivity index (χ1n) is 7.95. The molecular weight excluding hydrogens is 220 g/mol. The van der Waals surface area contributed by atoms with Gasteiger partial charge in [0.15, 0.2) is 5.54 Å². The van der Waals surface area contributed by atoms with Crippen LogP contribution in [-0.2, 0) is 0 Å². The van der Waals surface area contributed by atoms with Crippen LogP contribution in [0.2, 0.25) is 0 Å². The zero-order chi connectivity index (χ0) is 13.1. The number of unbranched alkanes of at least 4 members (excludes halogenated alkanes) is 5. The summed E-state index contributed by atoms with van der Waals surface area (Å²) in [5.41, 5.74) is -0.00587. The fourth-order valence-corrected chi connectivity index (χ4v) is 4.35. The van der Waals surface area contributed by atoms with Gasteiger partial charge in [0.25, 0.3) is 0 Å². The van der Waals surface area contributed by atoms with Crippen LogP contribution in [0.25, 0.3) is 0 Å². The fourth-order valence-electron chi connectivity index (χ4n) is 4.35. The second-order valence-electron chi connectivity index (χ2n) is 6.63. The Kier molecular flexibility index (Phi) is 4.33. The SMILES string of the molecule is CCCCCCCC[N+]1(C)C2CCC1(C#N)CC2. The number of hydrogen-bond donors (Lipinski definition) is 0. The highest BCUT2D eigenvalue weighted by Crippen LogP contribution is 2.51. The Balaban J connectivity index is 1.80. The van der Waals surface area contributed by atoms with Crippen molar-refractivity contribution in [2.45, 2.75) is 82.7 Å². The van der Waals surface area contributed by atoms with Crippen molar-refractivity contribution in [1.82, 2.24) is 0 Å². The van der Waals surface area contributed by atoms with Gasteiger partial charge in [-0.1, -0.05) is 32.6 Å². The summed E-state index contributed by atoms with van der Waals surface area (Å²) in [6, 6.07) is 3.48. The van der Waals surface area contributed by atoms with Crippen molar-refractivity contribution in [3.05, 3.63) is 0 Å². The molecule has 18 heavy (non-hydrogen) atoms. The van der Waals surface area contributed by atoms with E-state index in [0.717, 1.165) is 23.4 Å². The van der Waals surface area contributed by atoms with E-state index in [1.165, 1.54) is 57.9 Å². The van der Waals surface area contributed by atoms with E-state index in [1.54, 1.807) is 0 Å². The summed E-state index contributed by atoms with van der Waals surface area (Å²) in [7, 11) is 2.36. The molecule has 2 heterocycles. The second-order valence-corrected chi connectivity index (χ2v) is 6.63. The van der Waals surface area contributed by atoms with E-state index in [9.17, 15) is 5.26 Å². The molecule has 1 unspecified atom stereocenters. The minimum absolute atomic E-state index is 0.00587. The quantitative estimate of drug-likeness (QED) is 0.494. The Morgan fingerprint density at radius 3 is 2.33 bits per heavy atom. The highest BCUT2D eigenvalue weighted by molar-refractivity contribution is 5.10. The first-order chi connectivity index (χ1) is 8.68. The van der Waals surface area contributed by atoms with E-state index in [0.29, 0.717) is 0 Å². The molecule has 1 atom stereocenters. The summed E-state index contributed by atoms with van der Waals surface area (Å²) in [5, 5.41) is 9.59. The molecule has 2 aliphatic heterocycles. The van der Waals surface area contributed by atoms with Crippen molar-refractivity contribution in [2.75, 3.05) is 13.6 Å². The molecule has 102 valence electrons. The molecule has 0 N–H and O–H groups in total. The zero-order valence-electron chi connectivity index (χ0n) is 12.2. The Bertz CT molecular complexity index is 310. The maximum absolute atomic E-state index is 9.59. The van der Waals surface area contributed by atoms with Crippen molar-refractivity contribution in [3.63, 3.8) is 0 Å². The van der Waals surface area contributed by atoms with Crippen LogP contribution in [0.3, 0.4) is 0 Å². The summed E-state index contributed by atoms with van der Waals surface area (Å²) in [6.07, 6.45) is 13.1. The van der Waals surface area contributed by atoms with Crippen molar-refractivity contribution in [3.8, 4) is 6.07 Å². The molecule has 0 radical (unpaired) electrons. The third-order valence-electron chi connectivity index (χ3n) is 5.75. The average Bonchev–Trinajstić information content (AvgIpc) is 2.83. The zero-order valence-corrected chi connectivity index (χ0v) is 12.2. The van der Waals surface area contributed by atoms with Gasteiger partial charge >= 0.3 is 0 Å². The molecule has 2 heteroatoms. The van der Waals surface area contributed by atoms with Crippen molar-refractivity contribution < 1.29 is 4.48 Å². The predicted molar refractivity (Wildman–Crippen MR) is 75.0 cm³/mol. The maximum Gasteiger partial charge on any atom is 0.186 e. The van der Waals surface area contributed by atoms with E-state index in [2.05, 4.69) is 20.0 Å². The third-order valence-corrected chi connectivity index (χ3v) is 5.75. The molecule has 2 bridgehead atoms. The Labute approximate surface area is 113 Å². The molecule has 2 saturated heterocycles. The lowest BCUT2D eigenvalue weighted by molar-refractivity contribution is -0.946. The smallest absolute Gasteiger partial charge is 0.186 e. The van der Waals surface area contributed by atoms with Crippen LogP contribution >= 0.6 is 0 Å². The number of fused-ring (bicyclic) bond motifs is 2. The monoisotopic (exact) mass is 249 g/mol. The molecule has 2 fully saturated rings. The van der Waals surface area contributed by atoms with E-state index in [1.807, 2.05) is 0 Å². The summed E-state index contributed by atoms with van der Waals surface area (Å²) in [6.45, 7) is 3.51. The number of rotatable bonds is 7. The molecule has 0 spiro atoms. The lowest BCUT2D eigenvalue weighted by Gasteiger charge is -2.40. The van der Waals surface area contributed by atoms with E-state index < -0.39 is 0 Å². The largest absolute Gasteiger partial charge is 0.307 e. The summed E-state index contributed by atoms with van der Waals surface area (Å²) in [5.74, 6) is 0. The normalized spacial score (nSPS) is 37.9. The van der Waals surface area contributed by atoms with Gasteiger partial charge in [-0.05, 0) is 12.8 Å². The summed E-state index contributed by atoms with van der Waals surface area (Å²) < 4.78 is 1.08. The molecule has 2 rings (SSSR count). The van der Waals surface area contributed by atoms with Crippen LogP contribution in [0.1, 0.15) is 71.1 Å². The fraction of sp³-hybridized carbons (Fsp3) is 0.938. The maximum atomic E-state index is 9.59. The Morgan fingerprint density at radius 2 is 1.72 bits per heavy atom. The Hall–Kier alpha value is -0.550. The van der Waals surface area contributed by atoms with Crippen LogP contribution in [0, 0.1) is 11.3 Å². The standard InChI is InChI=1S/C16H29N2/c1-3-4-5-6-7-8-13-18(2)15-9-11-16(18,14-17)12-10-15/h15H,3-13H2,1-2H3/q+1. The number of hydrogen-bond acceptors (Lipinski definition) is 1. The second kappa shape index (κ2) is 5.61. The van der Waals surface area contributed by atoms with Gasteiger partial charge in [-0.25, -0.2) is 0 Å². The van der Waals surface area contributed by atoms with E-state index in [-0.39, 0.29) is 5.54 Å². The lowest BCUT2D eigenvalue weighted by atomic mass is 9.89.